The molecule has 0 aliphatic heterocycles. The van der Waals surface area contributed by atoms with Crippen molar-refractivity contribution in [2.45, 2.75) is 31.3 Å². The SMILES string of the molecule is NCC(C[C@H](NC(=O)c1cccc2ccccc12)C(=O)NCCc1c[nH]c2ccccc12)C(N)Cc1ncc[nH]1. The van der Waals surface area contributed by atoms with Gasteiger partial charge in [0, 0.05) is 54.1 Å². The van der Waals surface area contributed by atoms with E-state index in [0.29, 0.717) is 31.4 Å². The first-order valence-electron chi connectivity index (χ1n) is 13.6. The van der Waals surface area contributed by atoms with Crippen molar-refractivity contribution in [3.63, 3.8) is 0 Å². The van der Waals surface area contributed by atoms with Crippen molar-refractivity contribution in [1.82, 2.24) is 25.6 Å². The smallest absolute Gasteiger partial charge is 0.252 e. The third-order valence-electron chi connectivity index (χ3n) is 7.46. The van der Waals surface area contributed by atoms with Gasteiger partial charge in [-0.2, -0.15) is 0 Å². The Hall–Kier alpha value is -4.47. The van der Waals surface area contributed by atoms with Gasteiger partial charge in [0.15, 0.2) is 0 Å². The van der Waals surface area contributed by atoms with Crippen LogP contribution in [-0.4, -0.2) is 51.9 Å². The summed E-state index contributed by atoms with van der Waals surface area (Å²) in [6, 6.07) is 20.2. The Morgan fingerprint density at radius 2 is 1.73 bits per heavy atom. The molecule has 0 spiro atoms. The third kappa shape index (κ3) is 6.22. The number of hydrogen-bond donors (Lipinski definition) is 6. The Labute approximate surface area is 232 Å². The van der Waals surface area contributed by atoms with Crippen LogP contribution in [0, 0.1) is 5.92 Å². The molecule has 5 rings (SSSR count). The van der Waals surface area contributed by atoms with E-state index in [-0.39, 0.29) is 30.3 Å². The normalized spacial score (nSPS) is 13.7. The molecular weight excluding hydrogens is 502 g/mol. The lowest BCUT2D eigenvalue weighted by molar-refractivity contribution is -0.123. The Kier molecular flexibility index (Phi) is 8.53. The minimum absolute atomic E-state index is 0.220. The third-order valence-corrected chi connectivity index (χ3v) is 7.46. The van der Waals surface area contributed by atoms with Crippen LogP contribution in [0.1, 0.15) is 28.2 Å². The number of nitrogens with one attached hydrogen (secondary N) is 4. The fourth-order valence-electron chi connectivity index (χ4n) is 5.22. The van der Waals surface area contributed by atoms with E-state index in [2.05, 4.69) is 31.7 Å². The van der Waals surface area contributed by atoms with Crippen LogP contribution < -0.4 is 22.1 Å². The maximum Gasteiger partial charge on any atom is 0.252 e. The lowest BCUT2D eigenvalue weighted by Crippen LogP contribution is -2.51. The zero-order chi connectivity index (χ0) is 27.9. The molecule has 0 aliphatic rings. The van der Waals surface area contributed by atoms with Crippen molar-refractivity contribution < 1.29 is 9.59 Å². The summed E-state index contributed by atoms with van der Waals surface area (Å²) in [5.74, 6) is -0.0474. The first-order valence-corrected chi connectivity index (χ1v) is 13.6. The molecule has 0 saturated carbocycles. The zero-order valence-electron chi connectivity index (χ0n) is 22.3. The van der Waals surface area contributed by atoms with Gasteiger partial charge in [-0.1, -0.05) is 54.6 Å². The van der Waals surface area contributed by atoms with Gasteiger partial charge in [0.05, 0.1) is 0 Å². The number of H-pyrrole nitrogens is 2. The number of aromatic nitrogens is 3. The summed E-state index contributed by atoms with van der Waals surface area (Å²) in [5.41, 5.74) is 15.3. The number of benzene rings is 3. The van der Waals surface area contributed by atoms with Crippen molar-refractivity contribution in [3.05, 3.63) is 102 Å². The highest BCUT2D eigenvalue weighted by atomic mass is 16.2. The number of carbonyl (C=O) groups excluding carboxylic acids is 2. The predicted octanol–water partition coefficient (Wildman–Crippen LogP) is 3.04. The zero-order valence-corrected chi connectivity index (χ0v) is 22.3. The summed E-state index contributed by atoms with van der Waals surface area (Å²) in [7, 11) is 0. The molecule has 2 amide bonds. The summed E-state index contributed by atoms with van der Waals surface area (Å²) < 4.78 is 0. The van der Waals surface area contributed by atoms with Gasteiger partial charge < -0.3 is 32.1 Å². The second-order valence-electron chi connectivity index (χ2n) is 10.1. The summed E-state index contributed by atoms with van der Waals surface area (Å²) in [6.45, 7) is 0.693. The molecule has 2 aromatic heterocycles. The molecule has 0 radical (unpaired) electrons. The highest BCUT2D eigenvalue weighted by Crippen LogP contribution is 2.20. The number of aromatic amines is 2. The minimum atomic E-state index is -0.814. The van der Waals surface area contributed by atoms with Crippen LogP contribution in [0.15, 0.2) is 85.3 Å². The van der Waals surface area contributed by atoms with Crippen molar-refractivity contribution in [1.29, 1.82) is 0 Å². The second-order valence-corrected chi connectivity index (χ2v) is 10.1. The maximum absolute atomic E-state index is 13.5. The molecule has 0 fully saturated rings. The molecule has 40 heavy (non-hydrogen) atoms. The van der Waals surface area contributed by atoms with Crippen LogP contribution in [0.25, 0.3) is 21.7 Å². The van der Waals surface area contributed by atoms with Crippen LogP contribution >= 0.6 is 0 Å². The molecule has 2 unspecified atom stereocenters. The van der Waals surface area contributed by atoms with Gasteiger partial charge in [0.2, 0.25) is 5.91 Å². The molecule has 8 N–H and O–H groups in total. The van der Waals surface area contributed by atoms with Gasteiger partial charge in [-0.05, 0) is 53.8 Å². The number of imidazole rings is 1. The quantitative estimate of drug-likeness (QED) is 0.144. The van der Waals surface area contributed by atoms with Crippen LogP contribution in [0.3, 0.4) is 0 Å². The summed E-state index contributed by atoms with van der Waals surface area (Å²) in [5, 5.41) is 8.92. The predicted molar refractivity (Wildman–Crippen MR) is 158 cm³/mol. The van der Waals surface area contributed by atoms with E-state index >= 15 is 0 Å². The second kappa shape index (κ2) is 12.6. The largest absolute Gasteiger partial charge is 0.361 e. The van der Waals surface area contributed by atoms with Crippen molar-refractivity contribution >= 4 is 33.5 Å². The molecule has 0 bridgehead atoms. The molecule has 0 aliphatic carbocycles. The minimum Gasteiger partial charge on any atom is -0.361 e. The fraction of sp³-hybridized carbons (Fsp3) is 0.258. The molecule has 5 aromatic rings. The number of amides is 2. The molecule has 9 nitrogen and oxygen atoms in total. The Bertz CT molecular complexity index is 1570. The average molecular weight is 538 g/mol. The van der Waals surface area contributed by atoms with Gasteiger partial charge in [0.1, 0.15) is 11.9 Å². The van der Waals surface area contributed by atoms with Gasteiger partial charge in [-0.25, -0.2) is 4.98 Å². The van der Waals surface area contributed by atoms with Crippen LogP contribution in [0.2, 0.25) is 0 Å². The van der Waals surface area contributed by atoms with E-state index in [1.807, 2.05) is 60.8 Å². The standard InChI is InChI=1S/C31H35N7O2/c32-18-22(26(33)17-29-34-14-15-35-29)16-28(38-30(39)25-10-5-7-20-6-1-2-8-23(20)25)31(40)36-13-12-21-19-37-27-11-4-3-9-24(21)27/h1-11,14-15,19,22,26,28,37H,12-13,16-18,32-33H2,(H,34,35)(H,36,40)(H,38,39)/t22?,26?,28-/m0/s1. The lowest BCUT2D eigenvalue weighted by Gasteiger charge is -2.27. The van der Waals surface area contributed by atoms with Crippen molar-refractivity contribution in [3.8, 4) is 0 Å². The number of nitrogens with zero attached hydrogens (tertiary/aromatic N) is 1. The molecule has 3 atom stereocenters. The Morgan fingerprint density at radius 3 is 2.52 bits per heavy atom. The van der Waals surface area contributed by atoms with Crippen LogP contribution in [-0.2, 0) is 17.6 Å². The molecule has 9 heteroatoms. The van der Waals surface area contributed by atoms with E-state index in [0.717, 1.165) is 33.1 Å². The van der Waals surface area contributed by atoms with E-state index in [4.69, 9.17) is 11.5 Å². The molecule has 3 aromatic carbocycles. The van der Waals surface area contributed by atoms with Crippen LogP contribution in [0.4, 0.5) is 0 Å². The summed E-state index contributed by atoms with van der Waals surface area (Å²) in [6.07, 6.45) is 6.82. The van der Waals surface area contributed by atoms with Gasteiger partial charge in [-0.3, -0.25) is 9.59 Å². The monoisotopic (exact) mass is 537 g/mol. The average Bonchev–Trinajstić information content (AvgIpc) is 3.64. The highest BCUT2D eigenvalue weighted by Gasteiger charge is 2.28. The van der Waals surface area contributed by atoms with Crippen molar-refractivity contribution in [2.75, 3.05) is 13.1 Å². The number of fused-ring (bicyclic) bond motifs is 2. The Balaban J connectivity index is 1.31. The lowest BCUT2D eigenvalue weighted by atomic mass is 9.90. The first-order chi connectivity index (χ1) is 19.5. The van der Waals surface area contributed by atoms with Gasteiger partial charge in [0.25, 0.3) is 5.91 Å². The van der Waals surface area contributed by atoms with Gasteiger partial charge >= 0.3 is 0 Å². The molecule has 2 heterocycles. The van der Waals surface area contributed by atoms with E-state index in [1.54, 1.807) is 18.5 Å². The molecule has 0 saturated heterocycles. The maximum atomic E-state index is 13.5. The van der Waals surface area contributed by atoms with E-state index < -0.39 is 6.04 Å². The van der Waals surface area contributed by atoms with Gasteiger partial charge in [-0.15, -0.1) is 0 Å². The number of nitrogens with two attached hydrogens (primary N) is 2. The summed E-state index contributed by atoms with van der Waals surface area (Å²) >= 11 is 0. The number of para-hydroxylation sites is 1. The van der Waals surface area contributed by atoms with Crippen molar-refractivity contribution in [2.24, 2.45) is 17.4 Å². The summed E-state index contributed by atoms with van der Waals surface area (Å²) in [4.78, 5) is 37.6. The topological polar surface area (TPSA) is 155 Å². The first kappa shape index (κ1) is 27.1. The van der Waals surface area contributed by atoms with Crippen LogP contribution in [0.5, 0.6) is 0 Å². The Morgan fingerprint density at radius 1 is 0.950 bits per heavy atom. The number of hydrogen-bond acceptors (Lipinski definition) is 5. The molecule has 206 valence electrons. The van der Waals surface area contributed by atoms with E-state index in [9.17, 15) is 9.59 Å². The highest BCUT2D eigenvalue weighted by molar-refractivity contribution is 6.08. The number of carbonyl (C=O) groups is 2. The fourth-order valence-corrected chi connectivity index (χ4v) is 5.22. The van der Waals surface area contributed by atoms with E-state index in [1.165, 1.54) is 0 Å². The number of rotatable bonds is 12. The molecular formula is C31H35N7O2.